The van der Waals surface area contributed by atoms with Gasteiger partial charge < -0.3 is 5.11 Å². The summed E-state index contributed by atoms with van der Waals surface area (Å²) in [4.78, 5) is 21.2. The van der Waals surface area contributed by atoms with Crippen molar-refractivity contribution in [1.82, 2.24) is 0 Å². The normalized spacial score (nSPS) is 9.24. The predicted octanol–water partition coefficient (Wildman–Crippen LogP) is 2.23. The number of carbonyl (C=O) groups is 2. The number of aldehydes is 1. The third-order valence-corrected chi connectivity index (χ3v) is 2.73. The number of hydrogen-bond donors (Lipinski definition) is 1. The predicted molar refractivity (Wildman–Crippen MR) is 68.1 cm³/mol. The third kappa shape index (κ3) is 4.75. The van der Waals surface area contributed by atoms with Crippen LogP contribution in [0.4, 0.5) is 0 Å². The van der Waals surface area contributed by atoms with Gasteiger partial charge >= 0.3 is 0 Å². The summed E-state index contributed by atoms with van der Waals surface area (Å²) >= 11 is 1.22. The molecule has 0 saturated carbocycles. The standard InChI is InChI=1S/C13H12O3S/c1-10(15)17-7-3-2-4-12-8-11(9-14)5-6-13(12)16/h5-6,8-9,16H,3,7H2,1H3. The van der Waals surface area contributed by atoms with Gasteiger partial charge in [-0.2, -0.15) is 0 Å². The Balaban J connectivity index is 2.64. The first-order valence-electron chi connectivity index (χ1n) is 5.04. The van der Waals surface area contributed by atoms with Crippen LogP contribution in [0.3, 0.4) is 0 Å². The van der Waals surface area contributed by atoms with E-state index in [1.807, 2.05) is 0 Å². The van der Waals surface area contributed by atoms with Crippen molar-refractivity contribution in [3.63, 3.8) is 0 Å². The van der Waals surface area contributed by atoms with Gasteiger partial charge in [0.25, 0.3) is 0 Å². The lowest BCUT2D eigenvalue weighted by Gasteiger charge is -1.97. The van der Waals surface area contributed by atoms with Gasteiger partial charge in [-0.1, -0.05) is 23.6 Å². The number of phenolic OH excluding ortho intramolecular Hbond substituents is 1. The zero-order chi connectivity index (χ0) is 12.7. The number of benzene rings is 1. The molecular weight excluding hydrogens is 236 g/mol. The Hall–Kier alpha value is -1.73. The maximum absolute atomic E-state index is 10.7. The highest BCUT2D eigenvalue weighted by Gasteiger charge is 1.99. The van der Waals surface area contributed by atoms with Gasteiger partial charge in [0.1, 0.15) is 12.0 Å². The highest BCUT2D eigenvalue weighted by Crippen LogP contribution is 2.16. The van der Waals surface area contributed by atoms with Crippen molar-refractivity contribution in [2.24, 2.45) is 0 Å². The van der Waals surface area contributed by atoms with Crippen LogP contribution < -0.4 is 0 Å². The molecule has 1 rings (SSSR count). The van der Waals surface area contributed by atoms with Crippen molar-refractivity contribution in [3.05, 3.63) is 29.3 Å². The van der Waals surface area contributed by atoms with E-state index >= 15 is 0 Å². The number of carbonyl (C=O) groups excluding carboxylic acids is 2. The summed E-state index contributed by atoms with van der Waals surface area (Å²) in [6, 6.07) is 4.50. The van der Waals surface area contributed by atoms with Crippen molar-refractivity contribution in [2.45, 2.75) is 13.3 Å². The van der Waals surface area contributed by atoms with Crippen LogP contribution in [-0.4, -0.2) is 22.3 Å². The molecule has 4 heteroatoms. The van der Waals surface area contributed by atoms with Crippen LogP contribution in [0.5, 0.6) is 5.75 Å². The number of thioether (sulfide) groups is 1. The summed E-state index contributed by atoms with van der Waals surface area (Å²) in [5.41, 5.74) is 0.910. The Kier molecular flexibility index (Phi) is 5.31. The summed E-state index contributed by atoms with van der Waals surface area (Å²) < 4.78 is 0. The molecule has 0 aromatic heterocycles. The minimum absolute atomic E-state index is 0.0577. The van der Waals surface area contributed by atoms with E-state index in [0.717, 1.165) is 0 Å². The monoisotopic (exact) mass is 248 g/mol. The summed E-state index contributed by atoms with van der Waals surface area (Å²) in [6.07, 6.45) is 1.27. The Morgan fingerprint density at radius 1 is 1.53 bits per heavy atom. The first-order valence-corrected chi connectivity index (χ1v) is 6.02. The number of hydrogen-bond acceptors (Lipinski definition) is 4. The fraction of sp³-hybridized carbons (Fsp3) is 0.231. The topological polar surface area (TPSA) is 54.4 Å². The van der Waals surface area contributed by atoms with Gasteiger partial charge in [-0.15, -0.1) is 0 Å². The van der Waals surface area contributed by atoms with Crippen LogP contribution >= 0.6 is 11.8 Å². The van der Waals surface area contributed by atoms with Gasteiger partial charge in [0.2, 0.25) is 0 Å². The third-order valence-electron chi connectivity index (χ3n) is 1.91. The van der Waals surface area contributed by atoms with E-state index in [-0.39, 0.29) is 10.9 Å². The zero-order valence-electron chi connectivity index (χ0n) is 9.40. The molecule has 0 amide bonds. The lowest BCUT2D eigenvalue weighted by Crippen LogP contribution is -1.85. The highest BCUT2D eigenvalue weighted by atomic mass is 32.2. The molecule has 0 fully saturated rings. The van der Waals surface area contributed by atoms with E-state index in [1.54, 1.807) is 0 Å². The van der Waals surface area contributed by atoms with Crippen LogP contribution in [0.15, 0.2) is 18.2 Å². The Bertz CT molecular complexity index is 483. The summed E-state index contributed by atoms with van der Waals surface area (Å²) in [5.74, 6) is 6.32. The quantitative estimate of drug-likeness (QED) is 0.506. The molecule has 0 aliphatic carbocycles. The maximum atomic E-state index is 10.7. The van der Waals surface area contributed by atoms with Crippen molar-refractivity contribution >= 4 is 23.2 Å². The van der Waals surface area contributed by atoms with Gasteiger partial charge in [-0.05, 0) is 18.2 Å². The van der Waals surface area contributed by atoms with Crippen LogP contribution in [0, 0.1) is 11.8 Å². The molecule has 0 atom stereocenters. The molecule has 1 aromatic carbocycles. The fourth-order valence-corrected chi connectivity index (χ4v) is 1.62. The molecule has 0 heterocycles. The summed E-state index contributed by atoms with van der Waals surface area (Å²) in [6.45, 7) is 1.51. The largest absolute Gasteiger partial charge is 0.507 e. The van der Waals surface area contributed by atoms with Crippen LogP contribution in [0.1, 0.15) is 29.3 Å². The van der Waals surface area contributed by atoms with E-state index in [0.29, 0.717) is 29.6 Å². The van der Waals surface area contributed by atoms with Crippen molar-refractivity contribution in [3.8, 4) is 17.6 Å². The van der Waals surface area contributed by atoms with Crippen molar-refractivity contribution < 1.29 is 14.7 Å². The first kappa shape index (κ1) is 13.3. The SMILES string of the molecule is CC(=O)SCCC#Cc1cc(C=O)ccc1O. The number of rotatable bonds is 3. The molecular formula is C13H12O3S. The first-order chi connectivity index (χ1) is 8.13. The highest BCUT2D eigenvalue weighted by molar-refractivity contribution is 8.13. The van der Waals surface area contributed by atoms with E-state index < -0.39 is 0 Å². The summed E-state index contributed by atoms with van der Waals surface area (Å²) in [7, 11) is 0. The molecule has 0 radical (unpaired) electrons. The van der Waals surface area contributed by atoms with E-state index in [4.69, 9.17) is 0 Å². The smallest absolute Gasteiger partial charge is 0.185 e. The molecule has 0 bridgehead atoms. The fourth-order valence-electron chi connectivity index (χ4n) is 1.13. The van der Waals surface area contributed by atoms with Crippen molar-refractivity contribution in [2.75, 3.05) is 5.75 Å². The van der Waals surface area contributed by atoms with Gasteiger partial charge in [-0.25, -0.2) is 0 Å². The van der Waals surface area contributed by atoms with E-state index in [1.165, 1.54) is 36.9 Å². The van der Waals surface area contributed by atoms with Crippen LogP contribution in [-0.2, 0) is 4.79 Å². The number of aromatic hydroxyl groups is 1. The Labute approximate surface area is 104 Å². The molecule has 88 valence electrons. The lowest BCUT2D eigenvalue weighted by molar-refractivity contribution is -0.109. The summed E-state index contributed by atoms with van der Waals surface area (Å²) in [5, 5.41) is 9.56. The average molecular weight is 248 g/mol. The molecule has 0 saturated heterocycles. The van der Waals surface area contributed by atoms with Gasteiger partial charge in [-0.3, -0.25) is 9.59 Å². The molecule has 1 N–H and O–H groups in total. The second kappa shape index (κ2) is 6.77. The molecule has 0 aliphatic heterocycles. The molecule has 0 unspecified atom stereocenters. The molecule has 1 aromatic rings. The molecule has 0 spiro atoms. The minimum Gasteiger partial charge on any atom is -0.507 e. The van der Waals surface area contributed by atoms with E-state index in [2.05, 4.69) is 11.8 Å². The zero-order valence-corrected chi connectivity index (χ0v) is 10.2. The second-order valence-corrected chi connectivity index (χ2v) is 4.56. The Morgan fingerprint density at radius 2 is 2.29 bits per heavy atom. The maximum Gasteiger partial charge on any atom is 0.185 e. The lowest BCUT2D eigenvalue weighted by atomic mass is 10.1. The minimum atomic E-state index is 0.0577. The van der Waals surface area contributed by atoms with Crippen LogP contribution in [0.2, 0.25) is 0 Å². The Morgan fingerprint density at radius 3 is 2.94 bits per heavy atom. The molecule has 0 aliphatic rings. The molecule has 17 heavy (non-hydrogen) atoms. The van der Waals surface area contributed by atoms with Gasteiger partial charge in [0, 0.05) is 24.7 Å². The second-order valence-electron chi connectivity index (χ2n) is 3.29. The van der Waals surface area contributed by atoms with Gasteiger partial charge in [0.15, 0.2) is 5.12 Å². The van der Waals surface area contributed by atoms with Gasteiger partial charge in [0.05, 0.1) is 5.56 Å². The van der Waals surface area contributed by atoms with Crippen LogP contribution in [0.25, 0.3) is 0 Å². The number of phenols is 1. The molecule has 3 nitrogen and oxygen atoms in total. The van der Waals surface area contributed by atoms with E-state index in [9.17, 15) is 14.7 Å². The van der Waals surface area contributed by atoms with Crippen molar-refractivity contribution in [1.29, 1.82) is 0 Å². The average Bonchev–Trinajstić information content (AvgIpc) is 2.30.